The molecule has 0 aliphatic carbocycles. The van der Waals surface area contributed by atoms with Crippen molar-refractivity contribution in [2.45, 2.75) is 25.3 Å². The molecule has 0 amide bonds. The third-order valence-electron chi connectivity index (χ3n) is 7.29. The molecule has 1 fully saturated rings. The van der Waals surface area contributed by atoms with Gasteiger partial charge >= 0.3 is 5.97 Å². The number of hydrogen-bond donors (Lipinski definition) is 1. The molecule has 1 aliphatic rings. The Balaban J connectivity index is 1.37. The van der Waals surface area contributed by atoms with Crippen molar-refractivity contribution >= 4 is 22.7 Å². The topological polar surface area (TPSA) is 95.4 Å². The standard InChI is InChI=1S/C27H25F4N5O3/c1-34-16(11-17-21(3-6-33-25(17)34)36-13-20(30)24(32)23(31)26(36)37)12-35-7-4-14(5-8-35)22-18(28)9-15(10-19(22)29)27(38)39-2/h3,6,9-11,13-14H,4-5,7-8,12,32H2,1-2H3. The summed E-state index contributed by atoms with van der Waals surface area (Å²) in [5.41, 5.74) is 4.79. The van der Waals surface area contributed by atoms with Crippen LogP contribution in [0.2, 0.25) is 0 Å². The van der Waals surface area contributed by atoms with Crippen molar-refractivity contribution in [1.29, 1.82) is 0 Å². The summed E-state index contributed by atoms with van der Waals surface area (Å²) in [4.78, 5) is 30.6. The number of benzene rings is 1. The van der Waals surface area contributed by atoms with Gasteiger partial charge in [0.2, 0.25) is 5.82 Å². The number of anilines is 1. The van der Waals surface area contributed by atoms with E-state index in [9.17, 15) is 27.2 Å². The van der Waals surface area contributed by atoms with Crippen LogP contribution in [-0.4, -0.2) is 45.2 Å². The van der Waals surface area contributed by atoms with Crippen molar-refractivity contribution in [1.82, 2.24) is 19.0 Å². The van der Waals surface area contributed by atoms with Crippen molar-refractivity contribution < 1.29 is 27.1 Å². The summed E-state index contributed by atoms with van der Waals surface area (Å²) in [5.74, 6) is -5.12. The van der Waals surface area contributed by atoms with Crippen molar-refractivity contribution in [3.8, 4) is 5.69 Å². The van der Waals surface area contributed by atoms with Crippen molar-refractivity contribution in [2.75, 3.05) is 25.9 Å². The minimum atomic E-state index is -1.37. The maximum atomic E-state index is 14.7. The number of aromatic nitrogens is 3. The molecule has 0 saturated carbocycles. The van der Waals surface area contributed by atoms with E-state index in [2.05, 4.69) is 14.6 Å². The molecule has 39 heavy (non-hydrogen) atoms. The molecule has 12 heteroatoms. The molecule has 4 aromatic rings. The number of nitrogen functional groups attached to an aromatic ring is 1. The molecule has 3 aromatic heterocycles. The lowest BCUT2D eigenvalue weighted by atomic mass is 9.88. The Bertz CT molecular complexity index is 1630. The molecule has 8 nitrogen and oxygen atoms in total. The highest BCUT2D eigenvalue weighted by Gasteiger charge is 2.28. The van der Waals surface area contributed by atoms with Crippen LogP contribution in [0, 0.1) is 23.3 Å². The monoisotopic (exact) mass is 543 g/mol. The number of pyridine rings is 2. The van der Waals surface area contributed by atoms with Crippen molar-refractivity contribution in [2.24, 2.45) is 7.05 Å². The Morgan fingerprint density at radius 2 is 1.77 bits per heavy atom. The summed E-state index contributed by atoms with van der Waals surface area (Å²) in [7, 11) is 2.94. The lowest BCUT2D eigenvalue weighted by molar-refractivity contribution is 0.0599. The van der Waals surface area contributed by atoms with Gasteiger partial charge < -0.3 is 15.0 Å². The number of fused-ring (bicyclic) bond motifs is 1. The first-order chi connectivity index (χ1) is 18.6. The first kappa shape index (κ1) is 26.4. The SMILES string of the molecule is COC(=O)c1cc(F)c(C2CCN(Cc3cc4c(-n5cc(F)c(N)c(F)c5=O)ccnc4n3C)CC2)c(F)c1. The number of esters is 1. The van der Waals surface area contributed by atoms with Crippen LogP contribution in [-0.2, 0) is 18.3 Å². The summed E-state index contributed by atoms with van der Waals surface area (Å²) in [5, 5.41) is 0.519. The molecule has 4 heterocycles. The largest absolute Gasteiger partial charge is 0.465 e. The number of aryl methyl sites for hydroxylation is 1. The van der Waals surface area contributed by atoms with E-state index in [0.29, 0.717) is 43.5 Å². The molecule has 5 rings (SSSR count). The number of ether oxygens (including phenoxy) is 1. The first-order valence-corrected chi connectivity index (χ1v) is 12.2. The number of nitrogens with two attached hydrogens (primary N) is 1. The normalized spacial score (nSPS) is 14.7. The molecular formula is C27H25F4N5O3. The summed E-state index contributed by atoms with van der Waals surface area (Å²) < 4.78 is 65.1. The third-order valence-corrected chi connectivity index (χ3v) is 7.29. The number of halogens is 4. The average molecular weight is 544 g/mol. The summed E-state index contributed by atoms with van der Waals surface area (Å²) >= 11 is 0. The molecule has 1 aromatic carbocycles. The lowest BCUT2D eigenvalue weighted by Gasteiger charge is -2.32. The second kappa shape index (κ2) is 10.2. The van der Waals surface area contributed by atoms with Crippen LogP contribution >= 0.6 is 0 Å². The van der Waals surface area contributed by atoms with Gasteiger partial charge in [0.25, 0.3) is 5.56 Å². The number of carbonyl (C=O) groups is 1. The Morgan fingerprint density at radius 1 is 1.10 bits per heavy atom. The highest BCUT2D eigenvalue weighted by atomic mass is 19.1. The first-order valence-electron chi connectivity index (χ1n) is 12.2. The zero-order chi connectivity index (χ0) is 28.0. The molecular weight excluding hydrogens is 518 g/mol. The number of rotatable bonds is 5. The van der Waals surface area contributed by atoms with Gasteiger partial charge in [-0.05, 0) is 56.1 Å². The maximum Gasteiger partial charge on any atom is 0.338 e. The van der Waals surface area contributed by atoms with Crippen LogP contribution in [0.5, 0.6) is 0 Å². The van der Waals surface area contributed by atoms with Crippen molar-refractivity contribution in [3.63, 3.8) is 0 Å². The van der Waals surface area contributed by atoms with Gasteiger partial charge in [-0.25, -0.2) is 22.9 Å². The Morgan fingerprint density at radius 3 is 2.41 bits per heavy atom. The van der Waals surface area contributed by atoms with Gasteiger partial charge in [-0.15, -0.1) is 0 Å². The van der Waals surface area contributed by atoms with Gasteiger partial charge in [0.05, 0.1) is 24.6 Å². The van der Waals surface area contributed by atoms with Gasteiger partial charge in [0.15, 0.2) is 5.82 Å². The van der Waals surface area contributed by atoms with E-state index >= 15 is 0 Å². The third kappa shape index (κ3) is 4.65. The zero-order valence-corrected chi connectivity index (χ0v) is 21.2. The van der Waals surface area contributed by atoms with Gasteiger partial charge in [0, 0.05) is 36.4 Å². The fourth-order valence-electron chi connectivity index (χ4n) is 5.18. The fraction of sp³-hybridized carbons (Fsp3) is 0.296. The number of likely N-dealkylation sites (tertiary alicyclic amines) is 1. The quantitative estimate of drug-likeness (QED) is 0.302. The van der Waals surface area contributed by atoms with Gasteiger partial charge in [-0.1, -0.05) is 0 Å². The van der Waals surface area contributed by atoms with Gasteiger partial charge in [-0.3, -0.25) is 14.3 Å². The summed E-state index contributed by atoms with van der Waals surface area (Å²) in [6.07, 6.45) is 3.29. The van der Waals surface area contributed by atoms with Crippen LogP contribution in [0.3, 0.4) is 0 Å². The predicted octanol–water partition coefficient (Wildman–Crippen LogP) is 4.03. The van der Waals surface area contributed by atoms with Gasteiger partial charge in [-0.2, -0.15) is 4.39 Å². The number of nitrogens with zero attached hydrogens (tertiary/aromatic N) is 4. The number of methoxy groups -OCH3 is 1. The van der Waals surface area contributed by atoms with E-state index in [0.717, 1.165) is 35.7 Å². The molecule has 1 saturated heterocycles. The average Bonchev–Trinajstić information content (AvgIpc) is 3.24. The van der Waals surface area contributed by atoms with E-state index < -0.39 is 40.5 Å². The minimum absolute atomic E-state index is 0.0332. The molecule has 0 atom stereocenters. The Labute approximate surface area is 220 Å². The van der Waals surface area contributed by atoms with E-state index in [1.54, 1.807) is 13.1 Å². The fourth-order valence-corrected chi connectivity index (χ4v) is 5.18. The highest BCUT2D eigenvalue weighted by Crippen LogP contribution is 2.33. The zero-order valence-electron chi connectivity index (χ0n) is 21.2. The van der Waals surface area contributed by atoms with Gasteiger partial charge in [0.1, 0.15) is 23.0 Å². The molecule has 0 radical (unpaired) electrons. The molecule has 1 aliphatic heterocycles. The smallest absolute Gasteiger partial charge is 0.338 e. The predicted molar refractivity (Wildman–Crippen MR) is 136 cm³/mol. The van der Waals surface area contributed by atoms with Crippen LogP contribution in [0.1, 0.15) is 40.4 Å². The Hall–Kier alpha value is -4.19. The number of carbonyl (C=O) groups excluding carboxylic acids is 1. The molecule has 0 bridgehead atoms. The van der Waals surface area contributed by atoms with E-state index in [1.807, 2.05) is 4.57 Å². The number of hydrogen-bond acceptors (Lipinski definition) is 6. The molecule has 204 valence electrons. The van der Waals surface area contributed by atoms with Crippen LogP contribution < -0.4 is 11.3 Å². The molecule has 0 spiro atoms. The summed E-state index contributed by atoms with van der Waals surface area (Å²) in [6, 6.07) is 5.29. The van der Waals surface area contributed by atoms with Crippen molar-refractivity contribution in [3.05, 3.63) is 87.1 Å². The molecule has 2 N–H and O–H groups in total. The maximum absolute atomic E-state index is 14.7. The van der Waals surface area contributed by atoms with E-state index in [-0.39, 0.29) is 22.7 Å². The Kier molecular flexibility index (Phi) is 6.89. The lowest BCUT2D eigenvalue weighted by Crippen LogP contribution is -2.33. The summed E-state index contributed by atoms with van der Waals surface area (Å²) in [6.45, 7) is 1.58. The molecule has 0 unspecified atom stereocenters. The van der Waals surface area contributed by atoms with E-state index in [4.69, 9.17) is 5.73 Å². The highest BCUT2D eigenvalue weighted by molar-refractivity contribution is 5.89. The van der Waals surface area contributed by atoms with Crippen LogP contribution in [0.15, 0.2) is 41.5 Å². The van der Waals surface area contributed by atoms with Crippen LogP contribution in [0.25, 0.3) is 16.7 Å². The second-order valence-corrected chi connectivity index (χ2v) is 9.54. The second-order valence-electron chi connectivity index (χ2n) is 9.54. The number of piperidine rings is 1. The van der Waals surface area contributed by atoms with E-state index in [1.165, 1.54) is 12.3 Å². The minimum Gasteiger partial charge on any atom is -0.465 e. The van der Waals surface area contributed by atoms with Crippen LogP contribution in [0.4, 0.5) is 23.2 Å².